The van der Waals surface area contributed by atoms with Crippen LogP contribution in [0.5, 0.6) is 0 Å². The van der Waals surface area contributed by atoms with Crippen molar-refractivity contribution in [1.29, 1.82) is 0 Å². The zero-order valence-electron chi connectivity index (χ0n) is 46.7. The minimum Gasteiger partial charge on any atom is -0.462 e. The Kier molecular flexibility index (Phi) is 56.3. The molecule has 0 bridgehead atoms. The molecule has 0 saturated carbocycles. The number of carbonyl (C=O) groups excluding carboxylic acids is 3. The van der Waals surface area contributed by atoms with E-state index in [1.165, 1.54) is 154 Å². The Labute approximate surface area is 439 Å². The highest BCUT2D eigenvalue weighted by Crippen LogP contribution is 2.15. The molecule has 6 nitrogen and oxygen atoms in total. The van der Waals surface area contributed by atoms with Crippen LogP contribution in [0, 0.1) is 0 Å². The Hall–Kier alpha value is -3.41. The van der Waals surface area contributed by atoms with Gasteiger partial charge in [-0.2, -0.15) is 0 Å². The van der Waals surface area contributed by atoms with Gasteiger partial charge in [0.25, 0.3) is 0 Å². The fraction of sp³-hybridized carbons (Fsp3) is 0.738. The summed E-state index contributed by atoms with van der Waals surface area (Å²) in [5.41, 5.74) is 0. The maximum Gasteiger partial charge on any atom is 0.306 e. The summed E-state index contributed by atoms with van der Waals surface area (Å²) in [6.07, 6.45) is 77.2. The lowest BCUT2D eigenvalue weighted by Crippen LogP contribution is -2.30. The van der Waals surface area contributed by atoms with E-state index < -0.39 is 6.10 Å². The molecule has 0 spiro atoms. The summed E-state index contributed by atoms with van der Waals surface area (Å²) >= 11 is 0. The second-order valence-electron chi connectivity index (χ2n) is 19.9. The van der Waals surface area contributed by atoms with Crippen molar-refractivity contribution in [2.45, 2.75) is 297 Å². The number of hydrogen-bond donors (Lipinski definition) is 0. The van der Waals surface area contributed by atoms with Crippen LogP contribution in [0.2, 0.25) is 0 Å². The lowest BCUT2D eigenvalue weighted by atomic mass is 10.0. The van der Waals surface area contributed by atoms with E-state index in [1.807, 2.05) is 0 Å². The molecule has 0 aliphatic heterocycles. The normalized spacial score (nSPS) is 12.7. The zero-order valence-corrected chi connectivity index (χ0v) is 46.7. The molecule has 0 aromatic rings. The van der Waals surface area contributed by atoms with Crippen molar-refractivity contribution in [2.24, 2.45) is 0 Å². The molecule has 0 fully saturated rings. The van der Waals surface area contributed by atoms with Gasteiger partial charge in [-0.15, -0.1) is 0 Å². The molecule has 0 aliphatic rings. The molecular weight excluding hydrogens is 877 g/mol. The van der Waals surface area contributed by atoms with Gasteiger partial charge in [0, 0.05) is 19.3 Å². The molecule has 408 valence electrons. The van der Waals surface area contributed by atoms with Gasteiger partial charge in [0.1, 0.15) is 13.2 Å². The highest BCUT2D eigenvalue weighted by atomic mass is 16.6. The summed E-state index contributed by atoms with van der Waals surface area (Å²) in [6, 6.07) is 0. The number of allylic oxidation sites excluding steroid dienone is 14. The molecule has 0 aromatic heterocycles. The van der Waals surface area contributed by atoms with Gasteiger partial charge in [-0.3, -0.25) is 14.4 Å². The van der Waals surface area contributed by atoms with Gasteiger partial charge in [-0.1, -0.05) is 241 Å². The van der Waals surface area contributed by atoms with E-state index >= 15 is 0 Å². The van der Waals surface area contributed by atoms with Crippen molar-refractivity contribution in [3.63, 3.8) is 0 Å². The van der Waals surface area contributed by atoms with Gasteiger partial charge in [0.15, 0.2) is 6.10 Å². The van der Waals surface area contributed by atoms with Crippen molar-refractivity contribution >= 4 is 17.9 Å². The third-order valence-electron chi connectivity index (χ3n) is 12.9. The molecule has 0 aliphatic carbocycles. The Morgan fingerprint density at radius 3 is 0.930 bits per heavy atom. The molecule has 0 aromatic carbocycles. The van der Waals surface area contributed by atoms with Gasteiger partial charge in [0.05, 0.1) is 0 Å². The van der Waals surface area contributed by atoms with E-state index in [1.54, 1.807) is 0 Å². The van der Waals surface area contributed by atoms with Crippen LogP contribution in [0.4, 0.5) is 0 Å². The summed E-state index contributed by atoms with van der Waals surface area (Å²) in [6.45, 7) is 6.48. The monoisotopic (exact) mass is 989 g/mol. The molecule has 0 rings (SSSR count). The molecule has 0 radical (unpaired) electrons. The first kappa shape index (κ1) is 67.6. The van der Waals surface area contributed by atoms with E-state index in [2.05, 4.69) is 106 Å². The first-order chi connectivity index (χ1) is 35.0. The summed E-state index contributed by atoms with van der Waals surface area (Å²) < 4.78 is 16.9. The van der Waals surface area contributed by atoms with Crippen LogP contribution < -0.4 is 0 Å². The van der Waals surface area contributed by atoms with Gasteiger partial charge in [0.2, 0.25) is 0 Å². The first-order valence-electron chi connectivity index (χ1n) is 30.1. The van der Waals surface area contributed by atoms with Crippen molar-refractivity contribution < 1.29 is 28.6 Å². The van der Waals surface area contributed by atoms with Crippen molar-refractivity contribution in [1.82, 2.24) is 0 Å². The van der Waals surface area contributed by atoms with Gasteiger partial charge < -0.3 is 14.2 Å². The summed E-state index contributed by atoms with van der Waals surface area (Å²) in [5.74, 6) is -0.937. The topological polar surface area (TPSA) is 78.9 Å². The summed E-state index contributed by atoms with van der Waals surface area (Å²) in [5, 5.41) is 0. The van der Waals surface area contributed by atoms with E-state index in [4.69, 9.17) is 14.2 Å². The SMILES string of the molecule is CC/C=C\C/C=C\C/C=C\C/C=C\CCCCC(=O)OC[C@H](COC(=O)CCCCCCCCCCCCC/C=C\CCCCCCCC)OC(=O)CCCCCCCCC/C=C\C/C=C\CCCCC. The molecule has 0 unspecified atom stereocenters. The lowest BCUT2D eigenvalue weighted by Gasteiger charge is -2.18. The average molecular weight is 990 g/mol. The van der Waals surface area contributed by atoms with Crippen molar-refractivity contribution in [3.05, 3.63) is 85.1 Å². The Morgan fingerprint density at radius 2 is 0.549 bits per heavy atom. The number of unbranched alkanes of at least 4 members (excludes halogenated alkanes) is 29. The smallest absolute Gasteiger partial charge is 0.306 e. The highest BCUT2D eigenvalue weighted by Gasteiger charge is 2.19. The van der Waals surface area contributed by atoms with Gasteiger partial charge in [-0.25, -0.2) is 0 Å². The standard InChI is InChI=1S/C65H112O6/c1-4-7-10-13-16-19-22-25-28-30-31-32-33-35-37-40-43-46-49-52-55-58-64(67)70-61-62(60-69-63(66)57-54-51-48-45-42-39-36-27-24-21-18-15-12-9-6-3)71-65(68)59-56-53-50-47-44-41-38-34-29-26-23-20-17-14-11-8-5-2/h9,12,17-18,20-21,25-29,36,42,45,62H,4-8,10-11,13-16,19,22-24,30-35,37-41,43-44,46-61H2,1-3H3/b12-9-,20-17-,21-18-,28-25-,29-26-,36-27-,45-42-/t62-/m1/s1. The zero-order chi connectivity index (χ0) is 51.4. The highest BCUT2D eigenvalue weighted by molar-refractivity contribution is 5.71. The fourth-order valence-corrected chi connectivity index (χ4v) is 8.34. The van der Waals surface area contributed by atoms with Gasteiger partial charge in [-0.05, 0) is 116 Å². The minimum absolute atomic E-state index is 0.0927. The number of esters is 3. The lowest BCUT2D eigenvalue weighted by molar-refractivity contribution is -0.167. The van der Waals surface area contributed by atoms with E-state index in [0.29, 0.717) is 19.3 Å². The third kappa shape index (κ3) is 57.4. The number of ether oxygens (including phenoxy) is 3. The number of carbonyl (C=O) groups is 3. The molecule has 0 amide bonds. The molecule has 1 atom stereocenters. The Bertz CT molecular complexity index is 1370. The summed E-state index contributed by atoms with van der Waals surface area (Å²) in [7, 11) is 0. The molecule has 0 N–H and O–H groups in total. The van der Waals surface area contributed by atoms with Crippen LogP contribution in [-0.2, 0) is 28.6 Å². The maximum absolute atomic E-state index is 12.9. The molecule has 0 saturated heterocycles. The predicted octanol–water partition coefficient (Wildman–Crippen LogP) is 20.3. The predicted molar refractivity (Wildman–Crippen MR) is 307 cm³/mol. The maximum atomic E-state index is 12.9. The number of rotatable bonds is 54. The fourth-order valence-electron chi connectivity index (χ4n) is 8.34. The second-order valence-corrected chi connectivity index (χ2v) is 19.9. The van der Waals surface area contributed by atoms with Crippen LogP contribution in [0.1, 0.15) is 290 Å². The molecular formula is C65H112O6. The minimum atomic E-state index is -0.799. The molecule has 6 heteroatoms. The van der Waals surface area contributed by atoms with Crippen molar-refractivity contribution in [3.8, 4) is 0 Å². The Morgan fingerprint density at radius 1 is 0.296 bits per heavy atom. The van der Waals surface area contributed by atoms with Crippen LogP contribution in [-0.4, -0.2) is 37.2 Å². The Balaban J connectivity index is 4.40. The number of hydrogen-bond acceptors (Lipinski definition) is 6. The quantitative estimate of drug-likeness (QED) is 0.0261. The van der Waals surface area contributed by atoms with E-state index in [-0.39, 0.29) is 31.1 Å². The largest absolute Gasteiger partial charge is 0.462 e. The van der Waals surface area contributed by atoms with E-state index in [9.17, 15) is 14.4 Å². The molecule has 71 heavy (non-hydrogen) atoms. The average Bonchev–Trinajstić information content (AvgIpc) is 3.37. The first-order valence-corrected chi connectivity index (χ1v) is 30.1. The van der Waals surface area contributed by atoms with Crippen LogP contribution in [0.25, 0.3) is 0 Å². The van der Waals surface area contributed by atoms with Crippen LogP contribution in [0.15, 0.2) is 85.1 Å². The second kappa shape index (κ2) is 59.2. The molecule has 0 heterocycles. The van der Waals surface area contributed by atoms with Gasteiger partial charge >= 0.3 is 17.9 Å². The third-order valence-corrected chi connectivity index (χ3v) is 12.9. The van der Waals surface area contributed by atoms with Crippen molar-refractivity contribution in [2.75, 3.05) is 13.2 Å². The van der Waals surface area contributed by atoms with Crippen LogP contribution in [0.3, 0.4) is 0 Å². The summed E-state index contributed by atoms with van der Waals surface area (Å²) in [4.78, 5) is 38.2. The van der Waals surface area contributed by atoms with Crippen LogP contribution >= 0.6 is 0 Å². The van der Waals surface area contributed by atoms with E-state index in [0.717, 1.165) is 96.3 Å².